The van der Waals surface area contributed by atoms with E-state index in [4.69, 9.17) is 0 Å². The van der Waals surface area contributed by atoms with Crippen LogP contribution in [-0.4, -0.2) is 81.7 Å². The summed E-state index contributed by atoms with van der Waals surface area (Å²) in [5.74, 6) is 0.498. The molecule has 0 aromatic heterocycles. The number of nitrogens with zero attached hydrogens (tertiary/aromatic N) is 3. The quantitative estimate of drug-likeness (QED) is 0.752. The number of likely N-dealkylation sites (N-methyl/N-ethyl adjacent to an activating group) is 3. The molecule has 0 unspecified atom stereocenters. The largest absolute Gasteiger partial charge is 0.507 e. The second-order valence-corrected chi connectivity index (χ2v) is 6.92. The summed E-state index contributed by atoms with van der Waals surface area (Å²) in [5.41, 5.74) is 3.49. The van der Waals surface area contributed by atoms with Crippen molar-refractivity contribution in [2.45, 2.75) is 19.3 Å². The van der Waals surface area contributed by atoms with Gasteiger partial charge in [-0.05, 0) is 78.2 Å². The molecule has 0 atom stereocenters. The number of phenolic OH excluding ortho intramolecular Hbond substituents is 1. The van der Waals surface area contributed by atoms with Crippen LogP contribution < -0.4 is 0 Å². The lowest BCUT2D eigenvalue weighted by atomic mass is 9.98. The van der Waals surface area contributed by atoms with Gasteiger partial charge in [0.1, 0.15) is 5.75 Å². The van der Waals surface area contributed by atoms with Crippen molar-refractivity contribution < 1.29 is 5.11 Å². The zero-order valence-electron chi connectivity index (χ0n) is 15.2. The predicted octanol–water partition coefficient (Wildman–Crippen LogP) is 1.70. The number of rotatable bonds is 9. The Morgan fingerprint density at radius 1 is 0.682 bits per heavy atom. The van der Waals surface area contributed by atoms with Crippen molar-refractivity contribution >= 4 is 0 Å². The van der Waals surface area contributed by atoms with E-state index in [1.165, 1.54) is 5.56 Å². The van der Waals surface area contributed by atoms with Crippen LogP contribution in [-0.2, 0) is 19.3 Å². The van der Waals surface area contributed by atoms with Crippen LogP contribution in [0.1, 0.15) is 16.7 Å². The third-order valence-corrected chi connectivity index (χ3v) is 3.83. The predicted molar refractivity (Wildman–Crippen MR) is 94.9 cm³/mol. The normalized spacial score (nSPS) is 11.9. The van der Waals surface area contributed by atoms with E-state index < -0.39 is 0 Å². The zero-order chi connectivity index (χ0) is 16.7. The highest BCUT2D eigenvalue weighted by atomic mass is 16.3. The van der Waals surface area contributed by atoms with Gasteiger partial charge in [0.25, 0.3) is 0 Å². The molecule has 0 spiro atoms. The summed E-state index contributed by atoms with van der Waals surface area (Å²) in [5, 5.41) is 10.6. The van der Waals surface area contributed by atoms with Gasteiger partial charge >= 0.3 is 0 Å². The van der Waals surface area contributed by atoms with Gasteiger partial charge in [0.2, 0.25) is 0 Å². The van der Waals surface area contributed by atoms with Crippen molar-refractivity contribution in [2.24, 2.45) is 0 Å². The molecule has 4 heteroatoms. The van der Waals surface area contributed by atoms with Crippen LogP contribution >= 0.6 is 0 Å². The van der Waals surface area contributed by atoms with Gasteiger partial charge < -0.3 is 19.8 Å². The molecule has 126 valence electrons. The minimum absolute atomic E-state index is 0.498. The Labute approximate surface area is 136 Å². The van der Waals surface area contributed by atoms with Crippen molar-refractivity contribution in [3.8, 4) is 5.75 Å². The highest BCUT2D eigenvalue weighted by Crippen LogP contribution is 2.26. The fourth-order valence-corrected chi connectivity index (χ4v) is 2.40. The standard InChI is InChI=1S/C18H33N3O/c1-19(2)10-7-15-13-16(8-11-20(3)4)18(22)17(14-15)9-12-21(5)6/h13-14,22H,7-12H2,1-6H3. The molecule has 0 amide bonds. The number of aromatic hydroxyl groups is 1. The van der Waals surface area contributed by atoms with E-state index in [0.29, 0.717) is 5.75 Å². The van der Waals surface area contributed by atoms with Gasteiger partial charge in [0, 0.05) is 19.6 Å². The van der Waals surface area contributed by atoms with Crippen LogP contribution in [0.3, 0.4) is 0 Å². The lowest BCUT2D eigenvalue weighted by Gasteiger charge is -2.17. The van der Waals surface area contributed by atoms with E-state index in [9.17, 15) is 5.11 Å². The van der Waals surface area contributed by atoms with Crippen molar-refractivity contribution in [2.75, 3.05) is 61.9 Å². The monoisotopic (exact) mass is 307 g/mol. The number of benzene rings is 1. The molecule has 1 aromatic rings. The van der Waals surface area contributed by atoms with E-state index in [-0.39, 0.29) is 0 Å². The van der Waals surface area contributed by atoms with E-state index >= 15 is 0 Å². The zero-order valence-corrected chi connectivity index (χ0v) is 15.2. The Kier molecular flexibility index (Phi) is 7.87. The van der Waals surface area contributed by atoms with Gasteiger partial charge in [-0.1, -0.05) is 12.1 Å². The van der Waals surface area contributed by atoms with Crippen LogP contribution in [0.5, 0.6) is 5.75 Å². The Morgan fingerprint density at radius 3 is 1.41 bits per heavy atom. The summed E-state index contributed by atoms with van der Waals surface area (Å²) < 4.78 is 0. The van der Waals surface area contributed by atoms with Crippen molar-refractivity contribution in [1.29, 1.82) is 0 Å². The fraction of sp³-hybridized carbons (Fsp3) is 0.667. The molecule has 0 saturated carbocycles. The highest BCUT2D eigenvalue weighted by Gasteiger charge is 2.11. The number of phenols is 1. The molecule has 22 heavy (non-hydrogen) atoms. The molecule has 0 aliphatic heterocycles. The molecule has 0 bridgehead atoms. The van der Waals surface area contributed by atoms with Gasteiger partial charge in [-0.25, -0.2) is 0 Å². The third-order valence-electron chi connectivity index (χ3n) is 3.83. The maximum atomic E-state index is 10.6. The topological polar surface area (TPSA) is 30.0 Å². The summed E-state index contributed by atoms with van der Waals surface area (Å²) in [7, 11) is 12.5. The summed E-state index contributed by atoms with van der Waals surface area (Å²) >= 11 is 0. The average Bonchev–Trinajstić information content (AvgIpc) is 2.42. The maximum absolute atomic E-state index is 10.6. The van der Waals surface area contributed by atoms with E-state index in [1.807, 2.05) is 0 Å². The molecule has 4 nitrogen and oxygen atoms in total. The van der Waals surface area contributed by atoms with E-state index in [1.54, 1.807) is 0 Å². The Morgan fingerprint density at radius 2 is 1.05 bits per heavy atom. The molecular formula is C18H33N3O. The first-order chi connectivity index (χ1) is 10.3. The first-order valence-electron chi connectivity index (χ1n) is 8.07. The summed E-state index contributed by atoms with van der Waals surface area (Å²) in [6, 6.07) is 4.36. The molecule has 0 radical (unpaired) electrons. The van der Waals surface area contributed by atoms with Crippen molar-refractivity contribution in [3.05, 3.63) is 28.8 Å². The second-order valence-electron chi connectivity index (χ2n) is 6.92. The van der Waals surface area contributed by atoms with Gasteiger partial charge in [-0.2, -0.15) is 0 Å². The summed E-state index contributed by atoms with van der Waals surface area (Å²) in [4.78, 5) is 6.52. The van der Waals surface area contributed by atoms with Crippen LogP contribution in [0.15, 0.2) is 12.1 Å². The Hall–Kier alpha value is -1.10. The minimum atomic E-state index is 0.498. The summed E-state index contributed by atoms with van der Waals surface area (Å²) in [6.45, 7) is 2.95. The molecule has 0 aliphatic rings. The van der Waals surface area contributed by atoms with Gasteiger partial charge in [-0.15, -0.1) is 0 Å². The second kappa shape index (κ2) is 9.13. The lowest BCUT2D eigenvalue weighted by Crippen LogP contribution is -2.18. The fourth-order valence-electron chi connectivity index (χ4n) is 2.40. The maximum Gasteiger partial charge on any atom is 0.122 e. The first kappa shape index (κ1) is 18.9. The molecule has 1 N–H and O–H groups in total. The average molecular weight is 307 g/mol. The van der Waals surface area contributed by atoms with Gasteiger partial charge in [0.05, 0.1) is 0 Å². The molecule has 0 heterocycles. The molecule has 0 aliphatic carbocycles. The molecule has 0 saturated heterocycles. The first-order valence-corrected chi connectivity index (χ1v) is 8.07. The van der Waals surface area contributed by atoms with Crippen molar-refractivity contribution in [3.63, 3.8) is 0 Å². The van der Waals surface area contributed by atoms with Crippen LogP contribution in [0.25, 0.3) is 0 Å². The molecule has 0 fully saturated rings. The number of hydrogen-bond donors (Lipinski definition) is 1. The molecule has 1 aromatic carbocycles. The molecular weight excluding hydrogens is 274 g/mol. The highest BCUT2D eigenvalue weighted by molar-refractivity contribution is 5.44. The van der Waals surface area contributed by atoms with Gasteiger partial charge in [-0.3, -0.25) is 0 Å². The van der Waals surface area contributed by atoms with E-state index in [2.05, 4.69) is 69.1 Å². The third kappa shape index (κ3) is 6.77. The van der Waals surface area contributed by atoms with Crippen LogP contribution in [0, 0.1) is 0 Å². The smallest absolute Gasteiger partial charge is 0.122 e. The molecule has 1 rings (SSSR count). The minimum Gasteiger partial charge on any atom is -0.507 e. The summed E-state index contributed by atoms with van der Waals surface area (Å²) in [6.07, 6.45) is 2.81. The SMILES string of the molecule is CN(C)CCc1cc(CCN(C)C)c(O)c(CCN(C)C)c1. The number of hydrogen-bond acceptors (Lipinski definition) is 4. The van der Waals surface area contributed by atoms with Gasteiger partial charge in [0.15, 0.2) is 0 Å². The van der Waals surface area contributed by atoms with Crippen LogP contribution in [0.2, 0.25) is 0 Å². The van der Waals surface area contributed by atoms with Crippen LogP contribution in [0.4, 0.5) is 0 Å². The van der Waals surface area contributed by atoms with E-state index in [0.717, 1.165) is 50.0 Å². The van der Waals surface area contributed by atoms with Crippen molar-refractivity contribution in [1.82, 2.24) is 14.7 Å². The lowest BCUT2D eigenvalue weighted by molar-refractivity contribution is 0.396. The Balaban J connectivity index is 2.95. The Bertz CT molecular complexity index is 423.